The van der Waals surface area contributed by atoms with Crippen molar-refractivity contribution in [3.63, 3.8) is 0 Å². The van der Waals surface area contributed by atoms with Crippen LogP contribution in [-0.4, -0.2) is 25.8 Å². The van der Waals surface area contributed by atoms with Crippen LogP contribution in [0.1, 0.15) is 46.8 Å². The first-order chi connectivity index (χ1) is 19.9. The van der Waals surface area contributed by atoms with E-state index in [1.165, 1.54) is 0 Å². The van der Waals surface area contributed by atoms with Gasteiger partial charge in [0, 0.05) is 23.2 Å². The molecule has 0 unspecified atom stereocenters. The highest BCUT2D eigenvalue weighted by Crippen LogP contribution is 2.40. The van der Waals surface area contributed by atoms with Crippen molar-refractivity contribution in [2.45, 2.75) is 31.8 Å². The lowest BCUT2D eigenvalue weighted by atomic mass is 10.0. The molecule has 2 aromatic heterocycles. The summed E-state index contributed by atoms with van der Waals surface area (Å²) in [6, 6.07) is 25.7. The average molecular weight is 540 g/mol. The van der Waals surface area contributed by atoms with Crippen LogP contribution in [0.15, 0.2) is 89.9 Å². The molecule has 0 radical (unpaired) electrons. The molecule has 7 rings (SSSR count). The Bertz CT molecular complexity index is 2100. The van der Waals surface area contributed by atoms with Crippen molar-refractivity contribution in [2.75, 3.05) is 0 Å². The van der Waals surface area contributed by atoms with Crippen molar-refractivity contribution in [1.29, 1.82) is 10.8 Å². The number of nitrogens with zero attached hydrogens (tertiary/aromatic N) is 3. The number of rotatable bonds is 7. The van der Waals surface area contributed by atoms with Crippen LogP contribution in [-0.2, 0) is 13.1 Å². The maximum atomic E-state index is 14.0. The minimum absolute atomic E-state index is 0.0300. The van der Waals surface area contributed by atoms with Crippen molar-refractivity contribution >= 4 is 44.2 Å². The van der Waals surface area contributed by atoms with E-state index in [1.807, 2.05) is 79.0 Å². The third kappa shape index (κ3) is 4.43. The number of nitrogens with one attached hydrogen (secondary N) is 2. The molecule has 8 heteroatoms. The van der Waals surface area contributed by atoms with Gasteiger partial charge in [-0.05, 0) is 69.8 Å². The predicted molar refractivity (Wildman–Crippen MR) is 164 cm³/mol. The SMILES string of the molecule is N=C(N)c1ccc2ccc(Cn3ccc4nc(C5CC5)n(Cc5cccc6ccc(C(=N)N)cc56)c4c3=O)cc2c1. The number of hydrogen-bond donors (Lipinski definition) is 4. The average Bonchev–Trinajstić information content (AvgIpc) is 3.75. The molecule has 41 heavy (non-hydrogen) atoms. The van der Waals surface area contributed by atoms with Crippen molar-refractivity contribution in [3.05, 3.63) is 123 Å². The molecule has 1 fully saturated rings. The first-order valence-electron chi connectivity index (χ1n) is 13.7. The monoisotopic (exact) mass is 539 g/mol. The summed E-state index contributed by atoms with van der Waals surface area (Å²) in [4.78, 5) is 19.0. The first kappa shape index (κ1) is 24.8. The van der Waals surface area contributed by atoms with E-state index in [0.717, 1.165) is 51.3 Å². The van der Waals surface area contributed by atoms with Gasteiger partial charge in [-0.25, -0.2) is 4.98 Å². The summed E-state index contributed by atoms with van der Waals surface area (Å²) >= 11 is 0. The van der Waals surface area contributed by atoms with Crippen LogP contribution < -0.4 is 17.0 Å². The molecule has 6 aromatic rings. The third-order valence-corrected chi connectivity index (χ3v) is 8.02. The largest absolute Gasteiger partial charge is 0.384 e. The van der Waals surface area contributed by atoms with E-state index in [0.29, 0.717) is 41.2 Å². The zero-order valence-electron chi connectivity index (χ0n) is 22.4. The molecule has 0 saturated heterocycles. The third-order valence-electron chi connectivity index (χ3n) is 8.02. The molecular formula is C33H29N7O. The Morgan fingerprint density at radius 2 is 1.56 bits per heavy atom. The molecule has 4 aromatic carbocycles. The second kappa shape index (κ2) is 9.45. The molecule has 2 heterocycles. The van der Waals surface area contributed by atoms with Gasteiger partial charge >= 0.3 is 0 Å². The summed E-state index contributed by atoms with van der Waals surface area (Å²) in [5.74, 6) is 1.37. The van der Waals surface area contributed by atoms with Crippen LogP contribution in [0.2, 0.25) is 0 Å². The molecule has 202 valence electrons. The van der Waals surface area contributed by atoms with Crippen LogP contribution in [0.25, 0.3) is 32.6 Å². The van der Waals surface area contributed by atoms with Gasteiger partial charge < -0.3 is 20.6 Å². The molecule has 0 amide bonds. The van der Waals surface area contributed by atoms with Gasteiger partial charge in [-0.2, -0.15) is 0 Å². The molecule has 8 nitrogen and oxygen atoms in total. The highest BCUT2D eigenvalue weighted by atomic mass is 16.1. The Kier molecular flexibility index (Phi) is 5.71. The number of pyridine rings is 1. The van der Waals surface area contributed by atoms with Crippen LogP contribution in [0.3, 0.4) is 0 Å². The predicted octanol–water partition coefficient (Wildman–Crippen LogP) is 5.05. The van der Waals surface area contributed by atoms with Gasteiger partial charge in [0.15, 0.2) is 0 Å². The normalized spacial score (nSPS) is 13.3. The minimum Gasteiger partial charge on any atom is -0.384 e. The topological polar surface area (TPSA) is 140 Å². The van der Waals surface area contributed by atoms with Crippen LogP contribution >= 0.6 is 0 Å². The van der Waals surface area contributed by atoms with Crippen molar-refractivity contribution in [3.8, 4) is 0 Å². The van der Waals surface area contributed by atoms with Crippen LogP contribution in [0.5, 0.6) is 0 Å². The second-order valence-corrected chi connectivity index (χ2v) is 10.9. The summed E-state index contributed by atoms with van der Waals surface area (Å²) in [5, 5.41) is 19.8. The molecule has 1 saturated carbocycles. The molecule has 1 aliphatic rings. The molecule has 0 spiro atoms. The van der Waals surface area contributed by atoms with E-state index in [4.69, 9.17) is 27.3 Å². The highest BCUT2D eigenvalue weighted by Gasteiger charge is 2.30. The zero-order chi connectivity index (χ0) is 28.2. The lowest BCUT2D eigenvalue weighted by Crippen LogP contribution is -2.22. The van der Waals surface area contributed by atoms with Gasteiger partial charge in [0.1, 0.15) is 23.0 Å². The maximum absolute atomic E-state index is 14.0. The Morgan fingerprint density at radius 1 is 0.829 bits per heavy atom. The van der Waals surface area contributed by atoms with Gasteiger partial charge in [0.2, 0.25) is 0 Å². The molecule has 0 atom stereocenters. The molecule has 0 bridgehead atoms. The summed E-state index contributed by atoms with van der Waals surface area (Å²) in [6.45, 7) is 0.916. The zero-order valence-corrected chi connectivity index (χ0v) is 22.4. The Balaban J connectivity index is 1.32. The fourth-order valence-electron chi connectivity index (χ4n) is 5.70. The number of imidazole rings is 1. The summed E-state index contributed by atoms with van der Waals surface area (Å²) in [7, 11) is 0. The van der Waals surface area contributed by atoms with Crippen molar-refractivity contribution < 1.29 is 0 Å². The van der Waals surface area contributed by atoms with E-state index in [-0.39, 0.29) is 17.2 Å². The lowest BCUT2D eigenvalue weighted by molar-refractivity contribution is 0.728. The van der Waals surface area contributed by atoms with E-state index in [1.54, 1.807) is 4.57 Å². The smallest absolute Gasteiger partial charge is 0.277 e. The van der Waals surface area contributed by atoms with Gasteiger partial charge in [-0.15, -0.1) is 0 Å². The van der Waals surface area contributed by atoms with Gasteiger partial charge in [-0.1, -0.05) is 54.6 Å². The number of amidine groups is 2. The minimum atomic E-state index is -0.0795. The van der Waals surface area contributed by atoms with E-state index >= 15 is 0 Å². The van der Waals surface area contributed by atoms with Gasteiger partial charge in [0.25, 0.3) is 5.56 Å². The standard InChI is InChI=1S/C33H29N7O/c34-30(35)23-10-6-20-5-4-19(14-26(20)15-23)17-39-13-12-28-29(33(39)41)40(32(38-28)22-8-9-22)18-25-3-1-2-21-7-11-24(31(36)37)16-27(21)25/h1-7,10-16,22H,8-9,17-18H2,(H3,34,35)(H3,36,37). The lowest BCUT2D eigenvalue weighted by Gasteiger charge is -2.13. The number of hydrogen-bond acceptors (Lipinski definition) is 4. The van der Waals surface area contributed by atoms with Gasteiger partial charge in [0.05, 0.1) is 18.6 Å². The first-order valence-corrected chi connectivity index (χ1v) is 13.7. The fraction of sp³-hybridized carbons (Fsp3) is 0.152. The number of benzene rings is 4. The highest BCUT2D eigenvalue weighted by molar-refractivity contribution is 6.00. The van der Waals surface area contributed by atoms with E-state index in [9.17, 15) is 4.79 Å². The van der Waals surface area contributed by atoms with Crippen molar-refractivity contribution in [1.82, 2.24) is 14.1 Å². The quantitative estimate of drug-likeness (QED) is 0.167. The van der Waals surface area contributed by atoms with Crippen LogP contribution in [0, 0.1) is 10.8 Å². The number of nitrogens with two attached hydrogens (primary N) is 2. The van der Waals surface area contributed by atoms with Crippen molar-refractivity contribution in [2.24, 2.45) is 11.5 Å². The molecule has 6 N–H and O–H groups in total. The Labute approximate surface area is 235 Å². The number of aromatic nitrogens is 3. The summed E-state index contributed by atoms with van der Waals surface area (Å²) in [6.07, 6.45) is 3.97. The number of nitrogen functional groups attached to an aromatic ring is 2. The van der Waals surface area contributed by atoms with E-state index in [2.05, 4.69) is 10.6 Å². The Hall–Kier alpha value is -5.24. The summed E-state index contributed by atoms with van der Waals surface area (Å²) in [5.41, 5.74) is 16.1. The molecule has 1 aliphatic carbocycles. The summed E-state index contributed by atoms with van der Waals surface area (Å²) < 4.78 is 3.84. The molecular weight excluding hydrogens is 510 g/mol. The number of fused-ring (bicyclic) bond motifs is 3. The Morgan fingerprint density at radius 3 is 2.32 bits per heavy atom. The van der Waals surface area contributed by atoms with Gasteiger partial charge in [-0.3, -0.25) is 15.6 Å². The van der Waals surface area contributed by atoms with Crippen LogP contribution in [0.4, 0.5) is 0 Å². The molecule has 0 aliphatic heterocycles. The fourth-order valence-corrected chi connectivity index (χ4v) is 5.70. The second-order valence-electron chi connectivity index (χ2n) is 10.9. The van der Waals surface area contributed by atoms with E-state index < -0.39 is 0 Å². The maximum Gasteiger partial charge on any atom is 0.277 e.